The summed E-state index contributed by atoms with van der Waals surface area (Å²) in [5, 5.41) is 8.81. The Balaban J connectivity index is 3.07. The molecule has 1 aromatic rings. The van der Waals surface area contributed by atoms with Crippen molar-refractivity contribution >= 4 is 5.97 Å². The number of methoxy groups -OCH3 is 1. The molecule has 1 aromatic heterocycles. The molecule has 0 saturated carbocycles. The van der Waals surface area contributed by atoms with E-state index in [1.165, 1.54) is 0 Å². The first-order valence-electron chi connectivity index (χ1n) is 4.68. The second-order valence-corrected chi connectivity index (χ2v) is 4.01. The summed E-state index contributed by atoms with van der Waals surface area (Å²) in [7, 11) is 1.55. The Morgan fingerprint density at radius 3 is 2.80 bits per heavy atom. The van der Waals surface area contributed by atoms with Gasteiger partial charge in [0.05, 0.1) is 19.2 Å². The minimum atomic E-state index is -0.840. The van der Waals surface area contributed by atoms with Crippen LogP contribution in [0.3, 0.4) is 0 Å². The van der Waals surface area contributed by atoms with Gasteiger partial charge in [0.1, 0.15) is 5.75 Å². The summed E-state index contributed by atoms with van der Waals surface area (Å²) in [5.74, 6) is -0.212. The Bertz CT molecular complexity index is 361. The molecule has 4 nitrogen and oxygen atoms in total. The molecule has 1 N–H and O–H groups in total. The highest BCUT2D eigenvalue weighted by Gasteiger charge is 2.28. The van der Waals surface area contributed by atoms with Gasteiger partial charge >= 0.3 is 5.97 Å². The van der Waals surface area contributed by atoms with Gasteiger partial charge in [0, 0.05) is 11.6 Å². The minimum absolute atomic E-state index is 0.0281. The van der Waals surface area contributed by atoms with Crippen LogP contribution in [0.25, 0.3) is 0 Å². The van der Waals surface area contributed by atoms with E-state index in [1.54, 1.807) is 25.4 Å². The van der Waals surface area contributed by atoms with Crippen molar-refractivity contribution in [2.75, 3.05) is 7.11 Å². The highest BCUT2D eigenvalue weighted by Crippen LogP contribution is 2.31. The molecule has 0 aliphatic heterocycles. The lowest BCUT2D eigenvalue weighted by Crippen LogP contribution is -2.23. The molecule has 1 heterocycles. The van der Waals surface area contributed by atoms with Gasteiger partial charge in [-0.15, -0.1) is 0 Å². The van der Waals surface area contributed by atoms with Crippen LogP contribution in [0.1, 0.15) is 26.0 Å². The SMILES string of the molecule is COc1cccnc1C(C)(C)CC(=O)O. The molecule has 82 valence electrons. The van der Waals surface area contributed by atoms with E-state index in [2.05, 4.69) is 4.98 Å². The second kappa shape index (κ2) is 4.29. The van der Waals surface area contributed by atoms with Crippen molar-refractivity contribution in [3.05, 3.63) is 24.0 Å². The van der Waals surface area contributed by atoms with E-state index in [4.69, 9.17) is 9.84 Å². The van der Waals surface area contributed by atoms with Crippen LogP contribution in [0, 0.1) is 0 Å². The molecule has 0 saturated heterocycles. The van der Waals surface area contributed by atoms with Crippen LogP contribution in [0.5, 0.6) is 5.75 Å². The van der Waals surface area contributed by atoms with Crippen LogP contribution in [0.15, 0.2) is 18.3 Å². The maximum absolute atomic E-state index is 10.7. The lowest BCUT2D eigenvalue weighted by molar-refractivity contribution is -0.138. The number of aliphatic carboxylic acids is 1. The highest BCUT2D eigenvalue weighted by atomic mass is 16.5. The summed E-state index contributed by atoms with van der Waals surface area (Å²) < 4.78 is 5.16. The Hall–Kier alpha value is -1.58. The molecule has 4 heteroatoms. The quantitative estimate of drug-likeness (QED) is 0.822. The third-order valence-electron chi connectivity index (χ3n) is 2.22. The summed E-state index contributed by atoms with van der Waals surface area (Å²) >= 11 is 0. The highest BCUT2D eigenvalue weighted by molar-refractivity contribution is 5.69. The normalized spacial score (nSPS) is 11.1. The van der Waals surface area contributed by atoms with Crippen molar-refractivity contribution in [1.29, 1.82) is 0 Å². The fourth-order valence-corrected chi connectivity index (χ4v) is 1.53. The van der Waals surface area contributed by atoms with Crippen molar-refractivity contribution in [2.45, 2.75) is 25.7 Å². The predicted octanol–water partition coefficient (Wildman–Crippen LogP) is 1.84. The molecule has 0 aliphatic carbocycles. The maximum Gasteiger partial charge on any atom is 0.304 e. The van der Waals surface area contributed by atoms with Crippen LogP contribution in [-0.2, 0) is 10.2 Å². The van der Waals surface area contributed by atoms with E-state index >= 15 is 0 Å². The zero-order valence-corrected chi connectivity index (χ0v) is 9.15. The monoisotopic (exact) mass is 209 g/mol. The number of hydrogen-bond donors (Lipinski definition) is 1. The number of nitrogens with zero attached hydrogens (tertiary/aromatic N) is 1. The molecule has 0 amide bonds. The molecule has 0 aliphatic rings. The molecule has 0 fully saturated rings. The van der Waals surface area contributed by atoms with Gasteiger partial charge in [-0.2, -0.15) is 0 Å². The third-order valence-corrected chi connectivity index (χ3v) is 2.22. The van der Waals surface area contributed by atoms with Crippen molar-refractivity contribution < 1.29 is 14.6 Å². The first-order valence-corrected chi connectivity index (χ1v) is 4.68. The van der Waals surface area contributed by atoms with Crippen LogP contribution < -0.4 is 4.74 Å². The zero-order chi connectivity index (χ0) is 11.5. The summed E-state index contributed by atoms with van der Waals surface area (Å²) in [6.45, 7) is 3.68. The van der Waals surface area contributed by atoms with Crippen molar-refractivity contribution in [3.63, 3.8) is 0 Å². The predicted molar refractivity (Wildman–Crippen MR) is 56.1 cm³/mol. The van der Waals surface area contributed by atoms with Gasteiger partial charge in [0.2, 0.25) is 0 Å². The summed E-state index contributed by atoms with van der Waals surface area (Å²) in [6, 6.07) is 3.55. The number of rotatable bonds is 4. The van der Waals surface area contributed by atoms with Gasteiger partial charge in [-0.25, -0.2) is 0 Å². The zero-order valence-electron chi connectivity index (χ0n) is 9.15. The van der Waals surface area contributed by atoms with Gasteiger partial charge in [-0.05, 0) is 12.1 Å². The van der Waals surface area contributed by atoms with Crippen LogP contribution in [-0.4, -0.2) is 23.2 Å². The van der Waals surface area contributed by atoms with E-state index in [0.29, 0.717) is 11.4 Å². The lowest BCUT2D eigenvalue weighted by Gasteiger charge is -2.23. The van der Waals surface area contributed by atoms with Gasteiger partial charge in [-0.3, -0.25) is 9.78 Å². The van der Waals surface area contributed by atoms with Gasteiger partial charge in [0.25, 0.3) is 0 Å². The summed E-state index contributed by atoms with van der Waals surface area (Å²) in [6.07, 6.45) is 1.67. The molecule has 0 spiro atoms. The molecule has 0 aromatic carbocycles. The van der Waals surface area contributed by atoms with Gasteiger partial charge in [-0.1, -0.05) is 13.8 Å². The smallest absolute Gasteiger partial charge is 0.304 e. The molecule has 1 rings (SSSR count). The fourth-order valence-electron chi connectivity index (χ4n) is 1.53. The minimum Gasteiger partial charge on any atom is -0.495 e. The average molecular weight is 209 g/mol. The van der Waals surface area contributed by atoms with Crippen molar-refractivity contribution in [2.24, 2.45) is 0 Å². The molecular formula is C11H15NO3. The molecular weight excluding hydrogens is 194 g/mol. The number of carbonyl (C=O) groups is 1. The Labute approximate surface area is 88.9 Å². The van der Waals surface area contributed by atoms with E-state index in [-0.39, 0.29) is 6.42 Å². The second-order valence-electron chi connectivity index (χ2n) is 4.01. The number of ether oxygens (including phenoxy) is 1. The van der Waals surface area contributed by atoms with Crippen LogP contribution >= 0.6 is 0 Å². The Morgan fingerprint density at radius 2 is 2.27 bits per heavy atom. The van der Waals surface area contributed by atoms with Gasteiger partial charge in [0.15, 0.2) is 0 Å². The number of aromatic nitrogens is 1. The molecule has 15 heavy (non-hydrogen) atoms. The first kappa shape index (κ1) is 11.5. The Kier molecular flexibility index (Phi) is 3.29. The molecule has 0 bridgehead atoms. The van der Waals surface area contributed by atoms with E-state index in [0.717, 1.165) is 0 Å². The van der Waals surface area contributed by atoms with E-state index in [9.17, 15) is 4.79 Å². The van der Waals surface area contributed by atoms with Gasteiger partial charge < -0.3 is 9.84 Å². The molecule has 0 radical (unpaired) electrons. The Morgan fingerprint density at radius 1 is 1.60 bits per heavy atom. The number of carboxylic acid groups (broad SMARTS) is 1. The van der Waals surface area contributed by atoms with E-state index in [1.807, 2.05) is 13.8 Å². The molecule has 0 atom stereocenters. The number of carboxylic acids is 1. The standard InChI is InChI=1S/C11H15NO3/c1-11(2,7-9(13)14)10-8(15-3)5-4-6-12-10/h4-6H,7H2,1-3H3,(H,13,14). The average Bonchev–Trinajstić information content (AvgIpc) is 2.16. The lowest BCUT2D eigenvalue weighted by atomic mass is 9.84. The number of pyridine rings is 1. The first-order chi connectivity index (χ1) is 6.97. The fraction of sp³-hybridized carbons (Fsp3) is 0.455. The van der Waals surface area contributed by atoms with Crippen LogP contribution in [0.2, 0.25) is 0 Å². The van der Waals surface area contributed by atoms with E-state index < -0.39 is 11.4 Å². The third kappa shape index (κ3) is 2.68. The molecule has 0 unspecified atom stereocenters. The number of hydrogen-bond acceptors (Lipinski definition) is 3. The summed E-state index contributed by atoms with van der Waals surface area (Å²) in [4.78, 5) is 14.9. The maximum atomic E-state index is 10.7. The van der Waals surface area contributed by atoms with Crippen LogP contribution in [0.4, 0.5) is 0 Å². The van der Waals surface area contributed by atoms with Crippen molar-refractivity contribution in [3.8, 4) is 5.75 Å². The largest absolute Gasteiger partial charge is 0.495 e. The van der Waals surface area contributed by atoms with Crippen molar-refractivity contribution in [1.82, 2.24) is 4.98 Å². The summed E-state index contributed by atoms with van der Waals surface area (Å²) in [5.41, 5.74) is 0.147. The topological polar surface area (TPSA) is 59.4 Å².